The lowest BCUT2D eigenvalue weighted by molar-refractivity contribution is -0.113. The van der Waals surface area contributed by atoms with Crippen molar-refractivity contribution in [1.82, 2.24) is 4.98 Å². The fourth-order valence-electron chi connectivity index (χ4n) is 2.16. The Morgan fingerprint density at radius 3 is 2.38 bits per heavy atom. The highest BCUT2D eigenvalue weighted by molar-refractivity contribution is 8.00. The predicted octanol–water partition coefficient (Wildman–Crippen LogP) is 2.81. The van der Waals surface area contributed by atoms with E-state index in [4.69, 9.17) is 5.73 Å². The molecule has 0 aliphatic carbocycles. The number of aryl methyl sites for hydroxylation is 2. The number of hydrogen-bond donors (Lipinski definition) is 2. The van der Waals surface area contributed by atoms with Crippen molar-refractivity contribution in [3.8, 4) is 0 Å². The lowest BCUT2D eigenvalue weighted by Crippen LogP contribution is -2.18. The van der Waals surface area contributed by atoms with E-state index >= 15 is 0 Å². The number of anilines is 1. The lowest BCUT2D eigenvalue weighted by Gasteiger charge is -2.10. The van der Waals surface area contributed by atoms with Gasteiger partial charge in [-0.1, -0.05) is 11.8 Å². The number of amides is 2. The van der Waals surface area contributed by atoms with Gasteiger partial charge in [0.05, 0.1) is 11.3 Å². The molecular formula is C16H15F2N3O2S. The first-order chi connectivity index (χ1) is 11.3. The second-order valence-electron chi connectivity index (χ2n) is 5.12. The number of primary amides is 1. The van der Waals surface area contributed by atoms with Gasteiger partial charge in [0.25, 0.3) is 5.91 Å². The van der Waals surface area contributed by atoms with Crippen molar-refractivity contribution in [3.05, 3.63) is 52.7 Å². The Hall–Kier alpha value is -2.48. The van der Waals surface area contributed by atoms with E-state index < -0.39 is 23.4 Å². The molecule has 1 aromatic heterocycles. The molecule has 1 heterocycles. The molecule has 2 amide bonds. The van der Waals surface area contributed by atoms with Crippen molar-refractivity contribution >= 4 is 29.3 Å². The maximum atomic E-state index is 13.1. The van der Waals surface area contributed by atoms with Crippen molar-refractivity contribution < 1.29 is 18.4 Å². The van der Waals surface area contributed by atoms with Crippen molar-refractivity contribution in [2.45, 2.75) is 18.9 Å². The third-order valence-corrected chi connectivity index (χ3v) is 4.02. The van der Waals surface area contributed by atoms with Crippen molar-refractivity contribution in [1.29, 1.82) is 0 Å². The van der Waals surface area contributed by atoms with Gasteiger partial charge in [-0.05, 0) is 37.6 Å². The number of nitrogens with two attached hydrogens (primary N) is 1. The van der Waals surface area contributed by atoms with Gasteiger partial charge >= 0.3 is 0 Å². The van der Waals surface area contributed by atoms with E-state index in [0.29, 0.717) is 22.3 Å². The van der Waals surface area contributed by atoms with Crippen LogP contribution >= 0.6 is 11.8 Å². The van der Waals surface area contributed by atoms with Crippen LogP contribution in [-0.2, 0) is 4.79 Å². The van der Waals surface area contributed by atoms with Crippen LogP contribution in [0.25, 0.3) is 0 Å². The van der Waals surface area contributed by atoms with Crippen LogP contribution in [0, 0.1) is 25.5 Å². The molecule has 0 unspecified atom stereocenters. The molecule has 2 rings (SSSR count). The van der Waals surface area contributed by atoms with Gasteiger partial charge in [-0.15, -0.1) is 0 Å². The predicted molar refractivity (Wildman–Crippen MR) is 87.9 cm³/mol. The van der Waals surface area contributed by atoms with Crippen molar-refractivity contribution in [3.63, 3.8) is 0 Å². The maximum Gasteiger partial charge on any atom is 0.251 e. The normalized spacial score (nSPS) is 10.5. The Labute approximate surface area is 141 Å². The summed E-state index contributed by atoms with van der Waals surface area (Å²) in [5.41, 5.74) is 6.99. The molecule has 0 atom stereocenters. The number of halogens is 2. The smallest absolute Gasteiger partial charge is 0.251 e. The fourth-order valence-corrected chi connectivity index (χ4v) is 3.12. The van der Waals surface area contributed by atoms with E-state index in [9.17, 15) is 18.4 Å². The summed E-state index contributed by atoms with van der Waals surface area (Å²) in [6.45, 7) is 3.49. The Morgan fingerprint density at radius 2 is 1.79 bits per heavy atom. The summed E-state index contributed by atoms with van der Waals surface area (Å²) in [5.74, 6) is -2.78. The number of nitrogens with zero attached hydrogens (tertiary/aromatic N) is 1. The third-order valence-electron chi connectivity index (χ3n) is 3.04. The minimum absolute atomic E-state index is 0.0154. The van der Waals surface area contributed by atoms with Crippen LogP contribution in [0.4, 0.5) is 14.5 Å². The van der Waals surface area contributed by atoms with E-state index in [2.05, 4.69) is 10.3 Å². The first kappa shape index (κ1) is 17.9. The van der Waals surface area contributed by atoms with Crippen molar-refractivity contribution in [2.24, 2.45) is 5.73 Å². The van der Waals surface area contributed by atoms with Gasteiger partial charge in [-0.3, -0.25) is 9.59 Å². The molecule has 0 aliphatic rings. The molecule has 2 aromatic rings. The monoisotopic (exact) mass is 351 g/mol. The Balaban J connectivity index is 2.10. The lowest BCUT2D eigenvalue weighted by atomic mass is 10.1. The number of carbonyl (C=O) groups is 2. The summed E-state index contributed by atoms with van der Waals surface area (Å²) in [5, 5.41) is 2.74. The summed E-state index contributed by atoms with van der Waals surface area (Å²) in [4.78, 5) is 27.7. The molecule has 0 spiro atoms. The van der Waals surface area contributed by atoms with Gasteiger partial charge in [-0.2, -0.15) is 0 Å². The Bertz CT molecular complexity index is 792. The van der Waals surface area contributed by atoms with E-state index in [1.165, 1.54) is 0 Å². The number of hydrogen-bond acceptors (Lipinski definition) is 4. The molecule has 3 N–H and O–H groups in total. The minimum atomic E-state index is -0.787. The molecular weight excluding hydrogens is 336 g/mol. The summed E-state index contributed by atoms with van der Waals surface area (Å²) >= 11 is 1.03. The van der Waals surface area contributed by atoms with Gasteiger partial charge in [0.15, 0.2) is 0 Å². The summed E-state index contributed by atoms with van der Waals surface area (Å²) < 4.78 is 26.2. The quantitative estimate of drug-likeness (QED) is 0.811. The van der Waals surface area contributed by atoms with Crippen LogP contribution in [0.15, 0.2) is 29.3 Å². The van der Waals surface area contributed by atoms with E-state index in [1.807, 2.05) is 0 Å². The molecule has 126 valence electrons. The Kier molecular flexibility index (Phi) is 5.50. The van der Waals surface area contributed by atoms with Gasteiger partial charge in [0.1, 0.15) is 16.7 Å². The van der Waals surface area contributed by atoms with E-state index in [-0.39, 0.29) is 17.0 Å². The number of pyridine rings is 1. The molecule has 1 aromatic carbocycles. The summed E-state index contributed by atoms with van der Waals surface area (Å²) in [6.07, 6.45) is 0. The number of nitrogens with one attached hydrogen (secondary N) is 1. The van der Waals surface area contributed by atoms with Crippen LogP contribution in [0.2, 0.25) is 0 Å². The van der Waals surface area contributed by atoms with Crippen LogP contribution in [0.5, 0.6) is 0 Å². The molecule has 0 aliphatic heterocycles. The minimum Gasteiger partial charge on any atom is -0.366 e. The fraction of sp³-hybridized carbons (Fsp3) is 0.188. The zero-order valence-corrected chi connectivity index (χ0v) is 13.8. The average Bonchev–Trinajstić information content (AvgIpc) is 2.42. The molecule has 0 saturated heterocycles. The first-order valence-corrected chi connectivity index (χ1v) is 7.91. The summed E-state index contributed by atoms with van der Waals surface area (Å²) in [6, 6.07) is 4.45. The highest BCUT2D eigenvalue weighted by Gasteiger charge is 2.16. The molecule has 0 saturated carbocycles. The SMILES string of the molecule is Cc1cc(C)c(C(N)=O)c(SCC(=O)Nc2cc(F)cc(F)c2)n1. The number of benzene rings is 1. The van der Waals surface area contributed by atoms with Crippen LogP contribution in [0.3, 0.4) is 0 Å². The van der Waals surface area contributed by atoms with Gasteiger partial charge in [-0.25, -0.2) is 13.8 Å². The Morgan fingerprint density at radius 1 is 1.17 bits per heavy atom. The molecule has 24 heavy (non-hydrogen) atoms. The number of rotatable bonds is 5. The second-order valence-corrected chi connectivity index (χ2v) is 6.08. The highest BCUT2D eigenvalue weighted by atomic mass is 32.2. The molecule has 8 heteroatoms. The highest BCUT2D eigenvalue weighted by Crippen LogP contribution is 2.24. The molecule has 0 bridgehead atoms. The van der Waals surface area contributed by atoms with Crippen LogP contribution < -0.4 is 11.1 Å². The average molecular weight is 351 g/mol. The number of aromatic nitrogens is 1. The zero-order chi connectivity index (χ0) is 17.9. The molecule has 0 radical (unpaired) electrons. The number of thioether (sulfide) groups is 1. The van der Waals surface area contributed by atoms with Crippen LogP contribution in [0.1, 0.15) is 21.6 Å². The van der Waals surface area contributed by atoms with Gasteiger partial charge in [0.2, 0.25) is 5.91 Å². The van der Waals surface area contributed by atoms with Crippen molar-refractivity contribution in [2.75, 3.05) is 11.1 Å². The second kappa shape index (κ2) is 7.39. The van der Waals surface area contributed by atoms with Gasteiger partial charge < -0.3 is 11.1 Å². The molecule has 5 nitrogen and oxygen atoms in total. The van der Waals surface area contributed by atoms with Gasteiger partial charge in [0, 0.05) is 17.4 Å². The topological polar surface area (TPSA) is 85.1 Å². The van der Waals surface area contributed by atoms with E-state index in [1.54, 1.807) is 19.9 Å². The standard InChI is InChI=1S/C16H15F2N3O2S/c1-8-3-9(2)20-16(14(8)15(19)23)24-7-13(22)21-12-5-10(17)4-11(18)6-12/h3-6H,7H2,1-2H3,(H2,19,23)(H,21,22). The zero-order valence-electron chi connectivity index (χ0n) is 13.0. The third kappa shape index (κ3) is 4.51. The number of carbonyl (C=O) groups excluding carboxylic acids is 2. The molecule has 0 fully saturated rings. The van der Waals surface area contributed by atoms with E-state index in [0.717, 1.165) is 23.9 Å². The van der Waals surface area contributed by atoms with Crippen LogP contribution in [-0.4, -0.2) is 22.6 Å². The maximum absolute atomic E-state index is 13.1. The largest absolute Gasteiger partial charge is 0.366 e. The summed E-state index contributed by atoms with van der Waals surface area (Å²) in [7, 11) is 0. The first-order valence-electron chi connectivity index (χ1n) is 6.93.